The molecule has 1 aliphatic carbocycles. The van der Waals surface area contributed by atoms with E-state index in [0.29, 0.717) is 31.9 Å². The molecule has 2 aromatic rings. The summed E-state index contributed by atoms with van der Waals surface area (Å²) >= 11 is 1.56. The summed E-state index contributed by atoms with van der Waals surface area (Å²) in [5.41, 5.74) is 2.75. The first-order chi connectivity index (χ1) is 13.7. The molecule has 148 valence electrons. The maximum atomic E-state index is 12.0. The van der Waals surface area contributed by atoms with E-state index in [9.17, 15) is 9.59 Å². The molecule has 0 unspecified atom stereocenters. The summed E-state index contributed by atoms with van der Waals surface area (Å²) in [6.07, 6.45) is 3.66. The fraction of sp³-hybridized carbons (Fsp3) is 0.391. The number of amides is 2. The van der Waals surface area contributed by atoms with E-state index >= 15 is 0 Å². The molecular formula is C23H28N2O2S. The molecular weight excluding hydrogens is 368 g/mol. The van der Waals surface area contributed by atoms with E-state index in [-0.39, 0.29) is 5.91 Å². The molecule has 1 heterocycles. The van der Waals surface area contributed by atoms with E-state index < -0.39 is 0 Å². The van der Waals surface area contributed by atoms with Gasteiger partial charge in [0.15, 0.2) is 0 Å². The second-order valence-electron chi connectivity index (χ2n) is 7.31. The van der Waals surface area contributed by atoms with Gasteiger partial charge in [0.2, 0.25) is 12.3 Å². The minimum Gasteiger partial charge on any atom is -0.342 e. The molecule has 1 saturated carbocycles. The van der Waals surface area contributed by atoms with Crippen LogP contribution in [-0.2, 0) is 9.59 Å². The van der Waals surface area contributed by atoms with Crippen molar-refractivity contribution in [3.8, 4) is 0 Å². The summed E-state index contributed by atoms with van der Waals surface area (Å²) in [5, 5.41) is 0. The van der Waals surface area contributed by atoms with Gasteiger partial charge in [0.1, 0.15) is 0 Å². The van der Waals surface area contributed by atoms with Crippen LogP contribution in [0.4, 0.5) is 0 Å². The van der Waals surface area contributed by atoms with E-state index in [1.807, 2.05) is 24.0 Å². The maximum absolute atomic E-state index is 12.0. The lowest BCUT2D eigenvalue weighted by atomic mass is 10.1. The Hall–Kier alpha value is -2.27. The Morgan fingerprint density at radius 2 is 1.64 bits per heavy atom. The van der Waals surface area contributed by atoms with E-state index in [1.54, 1.807) is 16.7 Å². The molecule has 1 saturated heterocycles. The van der Waals surface area contributed by atoms with Crippen molar-refractivity contribution in [2.45, 2.75) is 30.6 Å². The molecule has 2 amide bonds. The maximum Gasteiger partial charge on any atom is 0.233 e. The molecule has 0 N–H and O–H groups in total. The molecule has 1 aliphatic heterocycles. The highest BCUT2D eigenvalue weighted by atomic mass is 32.2. The second-order valence-corrected chi connectivity index (χ2v) is 8.36. The van der Waals surface area contributed by atoms with Crippen LogP contribution in [0.15, 0.2) is 59.5 Å². The van der Waals surface area contributed by atoms with Crippen LogP contribution in [-0.4, -0.2) is 54.0 Å². The minimum absolute atomic E-state index is 0.149. The average Bonchev–Trinajstić information content (AvgIpc) is 3.60. The van der Waals surface area contributed by atoms with Gasteiger partial charge in [-0.3, -0.25) is 9.59 Å². The predicted octanol–water partition coefficient (Wildman–Crippen LogP) is 3.95. The molecule has 5 heteroatoms. The molecule has 0 atom stereocenters. The first-order valence-corrected chi connectivity index (χ1v) is 10.9. The third-order valence-electron chi connectivity index (χ3n) is 5.05. The molecule has 4 rings (SSSR count). The van der Waals surface area contributed by atoms with E-state index in [0.717, 1.165) is 17.2 Å². The fourth-order valence-corrected chi connectivity index (χ4v) is 3.89. The molecule has 0 spiro atoms. The molecule has 4 nitrogen and oxygen atoms in total. The van der Waals surface area contributed by atoms with Crippen LogP contribution in [0.2, 0.25) is 0 Å². The first-order valence-electron chi connectivity index (χ1n) is 9.87. The van der Waals surface area contributed by atoms with Gasteiger partial charge in [-0.2, -0.15) is 0 Å². The van der Waals surface area contributed by atoms with Crippen molar-refractivity contribution in [1.29, 1.82) is 0 Å². The number of benzene rings is 2. The quantitative estimate of drug-likeness (QED) is 0.568. The largest absolute Gasteiger partial charge is 0.342 e. The van der Waals surface area contributed by atoms with Crippen LogP contribution < -0.4 is 0 Å². The normalized spacial score (nSPS) is 16.2. The van der Waals surface area contributed by atoms with Gasteiger partial charge in [0, 0.05) is 31.1 Å². The molecule has 0 radical (unpaired) electrons. The van der Waals surface area contributed by atoms with Crippen LogP contribution in [0.1, 0.15) is 29.9 Å². The van der Waals surface area contributed by atoms with Crippen molar-refractivity contribution in [3.05, 3.63) is 65.7 Å². The Morgan fingerprint density at radius 1 is 1.00 bits per heavy atom. The third-order valence-corrected chi connectivity index (χ3v) is 6.04. The van der Waals surface area contributed by atoms with E-state index in [4.69, 9.17) is 0 Å². The zero-order chi connectivity index (χ0) is 19.8. The Labute approximate surface area is 171 Å². The third kappa shape index (κ3) is 6.41. The number of thioether (sulfide) groups is 1. The number of carbonyl (C=O) groups is 2. The van der Waals surface area contributed by atoms with Gasteiger partial charge in [0.05, 0.1) is 5.75 Å². The molecule has 28 heavy (non-hydrogen) atoms. The monoisotopic (exact) mass is 396 g/mol. The van der Waals surface area contributed by atoms with Crippen LogP contribution in [0, 0.1) is 6.92 Å². The van der Waals surface area contributed by atoms with E-state index in [1.165, 1.54) is 24.0 Å². The van der Waals surface area contributed by atoms with Crippen LogP contribution >= 0.6 is 11.8 Å². The van der Waals surface area contributed by atoms with Crippen molar-refractivity contribution in [3.63, 3.8) is 0 Å². The minimum atomic E-state index is 0.149. The second kappa shape index (κ2) is 10.3. The highest BCUT2D eigenvalue weighted by Crippen LogP contribution is 2.39. The summed E-state index contributed by atoms with van der Waals surface area (Å²) in [6, 6.07) is 18.9. The Bertz CT molecular complexity index is 752. The standard InChI is InChI=1S/C14H18N2O2S.C9H10/c1-12-2-4-13(5-3-12)19-10-14(18)16-8-6-15(11-17)7-9-16;1-2-4-8(5-3-1)9-6-7-9/h2-5,11H,6-10H2,1H3;1-5,9H,6-7H2. The van der Waals surface area contributed by atoms with Gasteiger partial charge in [0.25, 0.3) is 0 Å². The number of nitrogens with zero attached hydrogens (tertiary/aromatic N) is 2. The summed E-state index contributed by atoms with van der Waals surface area (Å²) in [4.78, 5) is 27.3. The van der Waals surface area contributed by atoms with Gasteiger partial charge in [-0.15, -0.1) is 11.8 Å². The lowest BCUT2D eigenvalue weighted by Crippen LogP contribution is -2.48. The van der Waals surface area contributed by atoms with Crippen LogP contribution in [0.3, 0.4) is 0 Å². The predicted molar refractivity (Wildman–Crippen MR) is 115 cm³/mol. The number of hydrogen-bond donors (Lipinski definition) is 0. The topological polar surface area (TPSA) is 40.6 Å². The lowest BCUT2D eigenvalue weighted by molar-refractivity contribution is -0.132. The van der Waals surface area contributed by atoms with Crippen molar-refractivity contribution in [2.75, 3.05) is 31.9 Å². The number of hydrogen-bond acceptors (Lipinski definition) is 3. The SMILES string of the molecule is Cc1ccc(SCC(=O)N2CCN(C=O)CC2)cc1.c1ccc(C2CC2)cc1. The molecule has 2 aliphatic rings. The summed E-state index contributed by atoms with van der Waals surface area (Å²) in [7, 11) is 0. The number of piperazine rings is 1. The smallest absolute Gasteiger partial charge is 0.233 e. The number of aryl methyl sites for hydroxylation is 1. The van der Waals surface area contributed by atoms with Crippen molar-refractivity contribution >= 4 is 24.1 Å². The Kier molecular flexibility index (Phi) is 7.54. The van der Waals surface area contributed by atoms with Crippen molar-refractivity contribution < 1.29 is 9.59 Å². The highest BCUT2D eigenvalue weighted by molar-refractivity contribution is 8.00. The average molecular weight is 397 g/mol. The zero-order valence-corrected chi connectivity index (χ0v) is 17.2. The van der Waals surface area contributed by atoms with Gasteiger partial charge >= 0.3 is 0 Å². The van der Waals surface area contributed by atoms with E-state index in [2.05, 4.69) is 42.5 Å². The summed E-state index contributed by atoms with van der Waals surface area (Å²) < 4.78 is 0. The highest BCUT2D eigenvalue weighted by Gasteiger charge is 2.22. The Balaban J connectivity index is 0.000000206. The summed E-state index contributed by atoms with van der Waals surface area (Å²) in [6.45, 7) is 4.62. The van der Waals surface area contributed by atoms with Crippen molar-refractivity contribution in [1.82, 2.24) is 9.80 Å². The fourth-order valence-electron chi connectivity index (χ4n) is 3.09. The first kappa shape index (κ1) is 20.5. The Morgan fingerprint density at radius 3 is 2.21 bits per heavy atom. The summed E-state index contributed by atoms with van der Waals surface area (Å²) in [5.74, 6) is 1.52. The van der Waals surface area contributed by atoms with Gasteiger partial charge < -0.3 is 9.80 Å². The number of carbonyl (C=O) groups excluding carboxylic acids is 2. The van der Waals surface area contributed by atoms with Gasteiger partial charge in [-0.1, -0.05) is 48.0 Å². The van der Waals surface area contributed by atoms with Crippen LogP contribution in [0.5, 0.6) is 0 Å². The van der Waals surface area contributed by atoms with Crippen molar-refractivity contribution in [2.24, 2.45) is 0 Å². The van der Waals surface area contributed by atoms with Crippen LogP contribution in [0.25, 0.3) is 0 Å². The lowest BCUT2D eigenvalue weighted by Gasteiger charge is -2.32. The van der Waals surface area contributed by atoms with Gasteiger partial charge in [-0.25, -0.2) is 0 Å². The van der Waals surface area contributed by atoms with Gasteiger partial charge in [-0.05, 0) is 43.4 Å². The zero-order valence-electron chi connectivity index (χ0n) is 16.4. The molecule has 0 bridgehead atoms. The number of rotatable bonds is 5. The molecule has 2 fully saturated rings. The molecule has 0 aromatic heterocycles. The molecule has 2 aromatic carbocycles.